The minimum absolute atomic E-state index is 0.0721. The summed E-state index contributed by atoms with van der Waals surface area (Å²) in [7, 11) is -1.13. The molecule has 102 valence electrons. The third-order valence-electron chi connectivity index (χ3n) is 3.29. The highest BCUT2D eigenvalue weighted by molar-refractivity contribution is 7.89. The standard InChI is InChI=1S/C11H25N3O2S/c1-5-12-8-11(3)17(15,16)14-7-6-13(4)9-10(14)2/h10-12H,5-9H2,1-4H3. The van der Waals surface area contributed by atoms with E-state index in [1.807, 2.05) is 20.9 Å². The summed E-state index contributed by atoms with van der Waals surface area (Å²) in [6, 6.07) is 0.0721. The van der Waals surface area contributed by atoms with Crippen LogP contribution in [0.5, 0.6) is 0 Å². The smallest absolute Gasteiger partial charge is 0.218 e. The molecule has 0 saturated carbocycles. The van der Waals surface area contributed by atoms with Crippen molar-refractivity contribution < 1.29 is 8.42 Å². The van der Waals surface area contributed by atoms with Crippen molar-refractivity contribution >= 4 is 10.0 Å². The Bertz CT molecular complexity index is 332. The average Bonchev–Trinajstić information content (AvgIpc) is 2.25. The molecule has 0 amide bonds. The Balaban J connectivity index is 2.69. The van der Waals surface area contributed by atoms with Crippen molar-refractivity contribution in [3.63, 3.8) is 0 Å². The molecular weight excluding hydrogens is 238 g/mol. The van der Waals surface area contributed by atoms with Gasteiger partial charge in [-0.25, -0.2) is 8.42 Å². The van der Waals surface area contributed by atoms with Gasteiger partial charge in [0.25, 0.3) is 0 Å². The molecule has 0 aromatic heterocycles. The van der Waals surface area contributed by atoms with Gasteiger partial charge in [0.05, 0.1) is 5.25 Å². The van der Waals surface area contributed by atoms with Gasteiger partial charge in [0.2, 0.25) is 10.0 Å². The van der Waals surface area contributed by atoms with Crippen LogP contribution in [0.15, 0.2) is 0 Å². The maximum absolute atomic E-state index is 12.4. The van der Waals surface area contributed by atoms with E-state index in [4.69, 9.17) is 0 Å². The lowest BCUT2D eigenvalue weighted by Gasteiger charge is -2.38. The predicted molar refractivity (Wildman–Crippen MR) is 70.6 cm³/mol. The Hall–Kier alpha value is -0.170. The van der Waals surface area contributed by atoms with Crippen LogP contribution in [0.25, 0.3) is 0 Å². The summed E-state index contributed by atoms with van der Waals surface area (Å²) < 4.78 is 26.4. The van der Waals surface area contributed by atoms with Crippen LogP contribution < -0.4 is 5.32 Å². The quantitative estimate of drug-likeness (QED) is 0.756. The fourth-order valence-corrected chi connectivity index (χ4v) is 3.88. The Morgan fingerprint density at radius 1 is 1.41 bits per heavy atom. The molecular formula is C11H25N3O2S. The summed E-state index contributed by atoms with van der Waals surface area (Å²) in [4.78, 5) is 2.17. The first-order valence-electron chi connectivity index (χ1n) is 6.29. The fourth-order valence-electron chi connectivity index (χ4n) is 2.19. The van der Waals surface area contributed by atoms with E-state index in [-0.39, 0.29) is 11.3 Å². The van der Waals surface area contributed by atoms with Gasteiger partial charge in [0.15, 0.2) is 0 Å². The summed E-state index contributed by atoms with van der Waals surface area (Å²) >= 11 is 0. The maximum atomic E-state index is 12.4. The van der Waals surface area contributed by atoms with Crippen molar-refractivity contribution in [1.82, 2.24) is 14.5 Å². The lowest BCUT2D eigenvalue weighted by molar-refractivity contribution is 0.169. The van der Waals surface area contributed by atoms with Gasteiger partial charge in [0, 0.05) is 32.2 Å². The largest absolute Gasteiger partial charge is 0.316 e. The van der Waals surface area contributed by atoms with Crippen molar-refractivity contribution in [2.24, 2.45) is 0 Å². The van der Waals surface area contributed by atoms with Gasteiger partial charge in [0.1, 0.15) is 0 Å². The number of nitrogens with zero attached hydrogens (tertiary/aromatic N) is 2. The van der Waals surface area contributed by atoms with E-state index < -0.39 is 10.0 Å². The SMILES string of the molecule is CCNCC(C)S(=O)(=O)N1CCN(C)CC1C. The van der Waals surface area contributed by atoms with Crippen molar-refractivity contribution in [3.8, 4) is 0 Å². The van der Waals surface area contributed by atoms with Gasteiger partial charge in [-0.05, 0) is 27.4 Å². The number of rotatable bonds is 5. The number of sulfonamides is 1. The first-order valence-corrected chi connectivity index (χ1v) is 7.79. The summed E-state index contributed by atoms with van der Waals surface area (Å²) in [5, 5.41) is 2.75. The molecule has 0 bridgehead atoms. The molecule has 2 atom stereocenters. The second kappa shape index (κ2) is 6.13. The second-order valence-corrected chi connectivity index (χ2v) is 7.19. The second-order valence-electron chi connectivity index (χ2n) is 4.89. The van der Waals surface area contributed by atoms with Crippen LogP contribution in [0.1, 0.15) is 20.8 Å². The lowest BCUT2D eigenvalue weighted by Crippen LogP contribution is -2.55. The van der Waals surface area contributed by atoms with Crippen LogP contribution in [0, 0.1) is 0 Å². The molecule has 1 aliphatic rings. The minimum atomic E-state index is -3.16. The monoisotopic (exact) mass is 263 g/mol. The fraction of sp³-hybridized carbons (Fsp3) is 1.00. The molecule has 0 aromatic rings. The molecule has 5 nitrogen and oxygen atoms in total. The molecule has 0 aromatic carbocycles. The van der Waals surface area contributed by atoms with E-state index in [9.17, 15) is 8.42 Å². The molecule has 1 aliphatic heterocycles. The van der Waals surface area contributed by atoms with E-state index in [0.717, 1.165) is 19.6 Å². The molecule has 0 spiro atoms. The zero-order valence-corrected chi connectivity index (χ0v) is 12.1. The molecule has 6 heteroatoms. The van der Waals surface area contributed by atoms with E-state index >= 15 is 0 Å². The van der Waals surface area contributed by atoms with E-state index in [1.54, 1.807) is 11.2 Å². The van der Waals surface area contributed by atoms with Gasteiger partial charge in [-0.1, -0.05) is 6.92 Å². The van der Waals surface area contributed by atoms with Crippen LogP contribution in [0.3, 0.4) is 0 Å². The molecule has 0 aliphatic carbocycles. The zero-order chi connectivity index (χ0) is 13.1. The zero-order valence-electron chi connectivity index (χ0n) is 11.3. The molecule has 1 rings (SSSR count). The van der Waals surface area contributed by atoms with Crippen molar-refractivity contribution in [3.05, 3.63) is 0 Å². The van der Waals surface area contributed by atoms with Crippen LogP contribution in [-0.4, -0.2) is 68.7 Å². The molecule has 17 heavy (non-hydrogen) atoms. The van der Waals surface area contributed by atoms with Gasteiger partial charge < -0.3 is 10.2 Å². The van der Waals surface area contributed by atoms with Crippen molar-refractivity contribution in [2.45, 2.75) is 32.1 Å². The maximum Gasteiger partial charge on any atom is 0.218 e. The van der Waals surface area contributed by atoms with Crippen molar-refractivity contribution in [2.75, 3.05) is 39.8 Å². The molecule has 1 heterocycles. The van der Waals surface area contributed by atoms with E-state index in [0.29, 0.717) is 13.1 Å². The van der Waals surface area contributed by atoms with Crippen LogP contribution in [0.4, 0.5) is 0 Å². The van der Waals surface area contributed by atoms with Crippen molar-refractivity contribution in [1.29, 1.82) is 0 Å². The summed E-state index contributed by atoms with van der Waals surface area (Å²) in [5.74, 6) is 0. The third-order valence-corrected chi connectivity index (χ3v) is 5.67. The highest BCUT2D eigenvalue weighted by Gasteiger charge is 2.34. The van der Waals surface area contributed by atoms with Gasteiger partial charge in [-0.2, -0.15) is 4.31 Å². The van der Waals surface area contributed by atoms with E-state index in [2.05, 4.69) is 10.2 Å². The Kier molecular flexibility index (Phi) is 5.37. The third kappa shape index (κ3) is 3.64. The first-order chi connectivity index (χ1) is 7.89. The summed E-state index contributed by atoms with van der Waals surface area (Å²) in [5.41, 5.74) is 0. The number of hydrogen-bond donors (Lipinski definition) is 1. The minimum Gasteiger partial charge on any atom is -0.316 e. The Morgan fingerprint density at radius 2 is 2.06 bits per heavy atom. The normalized spacial score (nSPS) is 26.0. The number of piperazine rings is 1. The number of hydrogen-bond acceptors (Lipinski definition) is 4. The Labute approximate surface area is 105 Å². The Morgan fingerprint density at radius 3 is 2.59 bits per heavy atom. The molecule has 2 unspecified atom stereocenters. The van der Waals surface area contributed by atoms with Gasteiger partial charge in [-0.15, -0.1) is 0 Å². The molecule has 1 saturated heterocycles. The topological polar surface area (TPSA) is 52.7 Å². The highest BCUT2D eigenvalue weighted by atomic mass is 32.2. The van der Waals surface area contributed by atoms with Crippen LogP contribution >= 0.6 is 0 Å². The van der Waals surface area contributed by atoms with E-state index in [1.165, 1.54) is 0 Å². The molecule has 0 radical (unpaired) electrons. The van der Waals surface area contributed by atoms with Gasteiger partial charge >= 0.3 is 0 Å². The number of likely N-dealkylation sites (N-methyl/N-ethyl adjacent to an activating group) is 1. The lowest BCUT2D eigenvalue weighted by atomic mass is 10.2. The first kappa shape index (κ1) is 14.9. The summed E-state index contributed by atoms with van der Waals surface area (Å²) in [6.45, 7) is 9.31. The number of nitrogens with one attached hydrogen (secondary N) is 1. The molecule has 1 N–H and O–H groups in total. The summed E-state index contributed by atoms with van der Waals surface area (Å²) in [6.07, 6.45) is 0. The molecule has 1 fully saturated rings. The van der Waals surface area contributed by atoms with Gasteiger partial charge in [-0.3, -0.25) is 0 Å². The van der Waals surface area contributed by atoms with Crippen LogP contribution in [0.2, 0.25) is 0 Å². The average molecular weight is 263 g/mol. The predicted octanol–water partition coefficient (Wildman–Crippen LogP) is -0.0499. The highest BCUT2D eigenvalue weighted by Crippen LogP contribution is 2.16. The van der Waals surface area contributed by atoms with Crippen LogP contribution in [-0.2, 0) is 10.0 Å².